The SMILES string of the molecule is Cc1c(O)n(-c2ccc(S(=O)(=O)C(F)(F)F)cc2)c(=O)n1Cc1c(N)cnc2ccccc12. The number of anilines is 1. The second-order valence-corrected chi connectivity index (χ2v) is 9.21. The standard InChI is InChI=1S/C21H17F3N4O4S/c1-12-19(29)28(13-6-8-14(9-7-13)33(31,32)21(22,23)24)20(30)27(12)11-16-15-4-2-3-5-18(15)26-10-17(16)25/h2-10,29H,11,25H2,1H3. The van der Waals surface area contributed by atoms with Crippen LogP contribution in [0.1, 0.15) is 11.3 Å². The lowest BCUT2D eigenvalue weighted by Gasteiger charge is -2.11. The lowest BCUT2D eigenvalue weighted by Crippen LogP contribution is -2.25. The third kappa shape index (κ3) is 3.61. The van der Waals surface area contributed by atoms with Gasteiger partial charge in [-0.1, -0.05) is 18.2 Å². The van der Waals surface area contributed by atoms with E-state index in [0.29, 0.717) is 16.8 Å². The van der Waals surface area contributed by atoms with Crippen LogP contribution in [-0.2, 0) is 16.4 Å². The van der Waals surface area contributed by atoms with Gasteiger partial charge in [-0.3, -0.25) is 9.55 Å². The molecule has 0 saturated heterocycles. The maximum atomic E-state index is 13.1. The molecule has 4 aromatic rings. The summed E-state index contributed by atoms with van der Waals surface area (Å²) < 4.78 is 63.6. The minimum atomic E-state index is -5.54. The molecule has 0 aliphatic carbocycles. The Morgan fingerprint density at radius 1 is 1.09 bits per heavy atom. The summed E-state index contributed by atoms with van der Waals surface area (Å²) in [5, 5.41) is 11.3. The maximum absolute atomic E-state index is 13.1. The highest BCUT2D eigenvalue weighted by atomic mass is 32.2. The number of sulfone groups is 1. The molecule has 0 bridgehead atoms. The van der Waals surface area contributed by atoms with Crippen molar-refractivity contribution in [3.8, 4) is 11.6 Å². The van der Waals surface area contributed by atoms with Crippen molar-refractivity contribution >= 4 is 26.4 Å². The highest BCUT2D eigenvalue weighted by Gasteiger charge is 2.46. The molecule has 0 atom stereocenters. The number of aromatic nitrogens is 3. The molecule has 4 rings (SSSR count). The summed E-state index contributed by atoms with van der Waals surface area (Å²) in [6.07, 6.45) is 1.47. The molecule has 8 nitrogen and oxygen atoms in total. The fourth-order valence-corrected chi connectivity index (χ4v) is 4.27. The minimum absolute atomic E-state index is 0.000625. The van der Waals surface area contributed by atoms with Gasteiger partial charge in [0, 0.05) is 10.9 Å². The number of nitrogen functional groups attached to an aromatic ring is 1. The van der Waals surface area contributed by atoms with E-state index in [1.54, 1.807) is 24.3 Å². The number of pyridine rings is 1. The van der Waals surface area contributed by atoms with Crippen LogP contribution in [0.2, 0.25) is 0 Å². The van der Waals surface area contributed by atoms with E-state index in [9.17, 15) is 31.5 Å². The van der Waals surface area contributed by atoms with Gasteiger partial charge < -0.3 is 10.8 Å². The number of nitrogens with two attached hydrogens (primary N) is 1. The van der Waals surface area contributed by atoms with Crippen molar-refractivity contribution in [3.63, 3.8) is 0 Å². The number of hydrogen-bond donors (Lipinski definition) is 2. The third-order valence-corrected chi connectivity index (χ3v) is 6.81. The summed E-state index contributed by atoms with van der Waals surface area (Å²) in [5.74, 6) is -0.441. The van der Waals surface area contributed by atoms with Crippen LogP contribution in [-0.4, -0.2) is 33.2 Å². The molecule has 0 aliphatic heterocycles. The van der Waals surface area contributed by atoms with Crippen LogP contribution >= 0.6 is 0 Å². The molecule has 3 N–H and O–H groups in total. The van der Waals surface area contributed by atoms with Gasteiger partial charge in [0.25, 0.3) is 9.84 Å². The van der Waals surface area contributed by atoms with E-state index in [4.69, 9.17) is 5.73 Å². The zero-order valence-corrected chi connectivity index (χ0v) is 17.9. The van der Waals surface area contributed by atoms with Crippen molar-refractivity contribution in [2.45, 2.75) is 23.9 Å². The molecule has 0 spiro atoms. The first-order chi connectivity index (χ1) is 15.4. The number of benzene rings is 2. The molecular weight excluding hydrogens is 461 g/mol. The van der Waals surface area contributed by atoms with E-state index in [1.807, 2.05) is 0 Å². The van der Waals surface area contributed by atoms with Crippen LogP contribution in [0.3, 0.4) is 0 Å². The molecule has 2 aromatic carbocycles. The van der Waals surface area contributed by atoms with Crippen molar-refractivity contribution in [2.75, 3.05) is 5.73 Å². The third-order valence-electron chi connectivity index (χ3n) is 5.31. The van der Waals surface area contributed by atoms with E-state index in [2.05, 4.69) is 4.98 Å². The topological polar surface area (TPSA) is 120 Å². The predicted molar refractivity (Wildman–Crippen MR) is 115 cm³/mol. The Balaban J connectivity index is 1.80. The Kier molecular flexibility index (Phi) is 5.20. The van der Waals surface area contributed by atoms with E-state index in [-0.39, 0.29) is 17.9 Å². The summed E-state index contributed by atoms with van der Waals surface area (Å²) in [5.41, 5.74) is 1.74. The largest absolute Gasteiger partial charge is 0.501 e. The zero-order valence-electron chi connectivity index (χ0n) is 17.0. The highest BCUT2D eigenvalue weighted by molar-refractivity contribution is 7.92. The van der Waals surface area contributed by atoms with Gasteiger partial charge in [-0.05, 0) is 37.3 Å². The smallest absolute Gasteiger partial charge is 0.493 e. The zero-order chi connectivity index (χ0) is 24.1. The normalized spacial score (nSPS) is 12.4. The molecule has 2 heterocycles. The van der Waals surface area contributed by atoms with Crippen molar-refractivity contribution in [1.29, 1.82) is 0 Å². The van der Waals surface area contributed by atoms with Gasteiger partial charge in [0.05, 0.1) is 40.2 Å². The first kappa shape index (κ1) is 22.4. The van der Waals surface area contributed by atoms with E-state index < -0.39 is 31.8 Å². The molecule has 0 fully saturated rings. The molecule has 2 aromatic heterocycles. The molecular formula is C21H17F3N4O4S. The van der Waals surface area contributed by atoms with Gasteiger partial charge in [0.1, 0.15) is 0 Å². The fourth-order valence-electron chi connectivity index (χ4n) is 3.51. The minimum Gasteiger partial charge on any atom is -0.493 e. The first-order valence-corrected chi connectivity index (χ1v) is 11.0. The number of imidazole rings is 1. The molecule has 172 valence electrons. The summed E-state index contributed by atoms with van der Waals surface area (Å²) in [6, 6.07) is 10.7. The van der Waals surface area contributed by atoms with Gasteiger partial charge in [-0.25, -0.2) is 17.8 Å². The van der Waals surface area contributed by atoms with Crippen LogP contribution in [0.25, 0.3) is 16.6 Å². The monoisotopic (exact) mass is 478 g/mol. The Morgan fingerprint density at radius 3 is 2.36 bits per heavy atom. The molecule has 0 saturated carbocycles. The number of para-hydroxylation sites is 1. The van der Waals surface area contributed by atoms with Crippen molar-refractivity contribution in [3.05, 3.63) is 76.5 Å². The molecule has 0 radical (unpaired) electrons. The maximum Gasteiger partial charge on any atom is 0.501 e. The Morgan fingerprint density at radius 2 is 1.73 bits per heavy atom. The van der Waals surface area contributed by atoms with Gasteiger partial charge in [-0.15, -0.1) is 0 Å². The number of hydrogen-bond acceptors (Lipinski definition) is 6. The second-order valence-electron chi connectivity index (χ2n) is 7.27. The number of nitrogens with zero attached hydrogens (tertiary/aromatic N) is 3. The molecule has 0 aliphatic rings. The lowest BCUT2D eigenvalue weighted by molar-refractivity contribution is -0.0436. The number of alkyl halides is 3. The van der Waals surface area contributed by atoms with Crippen LogP contribution in [0, 0.1) is 6.92 Å². The molecule has 33 heavy (non-hydrogen) atoms. The molecule has 0 unspecified atom stereocenters. The Labute approximate surface area is 185 Å². The van der Waals surface area contributed by atoms with Gasteiger partial charge in [0.2, 0.25) is 5.88 Å². The number of halogens is 3. The first-order valence-electron chi connectivity index (χ1n) is 9.48. The average Bonchev–Trinajstić information content (AvgIpc) is 2.98. The number of fused-ring (bicyclic) bond motifs is 1. The number of aromatic hydroxyl groups is 1. The van der Waals surface area contributed by atoms with Crippen molar-refractivity contribution < 1.29 is 26.7 Å². The molecule has 0 amide bonds. The van der Waals surface area contributed by atoms with Gasteiger partial charge in [-0.2, -0.15) is 13.2 Å². The van der Waals surface area contributed by atoms with Crippen molar-refractivity contribution in [2.24, 2.45) is 0 Å². The van der Waals surface area contributed by atoms with Crippen LogP contribution in [0.4, 0.5) is 18.9 Å². The van der Waals surface area contributed by atoms with Gasteiger partial charge >= 0.3 is 11.2 Å². The average molecular weight is 478 g/mol. The Bertz CT molecular complexity index is 1540. The van der Waals surface area contributed by atoms with Crippen LogP contribution in [0.5, 0.6) is 5.88 Å². The van der Waals surface area contributed by atoms with Crippen LogP contribution in [0.15, 0.2) is 64.4 Å². The summed E-state index contributed by atoms with van der Waals surface area (Å²) in [6.45, 7) is 1.50. The summed E-state index contributed by atoms with van der Waals surface area (Å²) in [7, 11) is -5.54. The fraction of sp³-hybridized carbons (Fsp3) is 0.143. The number of rotatable bonds is 4. The van der Waals surface area contributed by atoms with Crippen molar-refractivity contribution in [1.82, 2.24) is 14.1 Å². The van der Waals surface area contributed by atoms with Crippen LogP contribution < -0.4 is 11.4 Å². The van der Waals surface area contributed by atoms with E-state index in [0.717, 1.165) is 34.2 Å². The van der Waals surface area contributed by atoms with Gasteiger partial charge in [0.15, 0.2) is 0 Å². The summed E-state index contributed by atoms with van der Waals surface area (Å²) in [4.78, 5) is 16.4. The lowest BCUT2D eigenvalue weighted by atomic mass is 10.1. The highest BCUT2D eigenvalue weighted by Crippen LogP contribution is 2.31. The summed E-state index contributed by atoms with van der Waals surface area (Å²) >= 11 is 0. The predicted octanol–water partition coefficient (Wildman–Crippen LogP) is 3.13. The van der Waals surface area contributed by atoms with E-state index in [1.165, 1.54) is 17.7 Å². The Hall–Kier alpha value is -3.80. The molecule has 12 heteroatoms. The van der Waals surface area contributed by atoms with E-state index >= 15 is 0 Å². The quantitative estimate of drug-likeness (QED) is 0.465. The second kappa shape index (κ2) is 7.66.